The SMILES string of the molecule is CSc1ccc(-c2cccc(C3=CC(C)(C)C3=O)c2)cc1. The zero-order chi connectivity index (χ0) is 15.0. The van der Waals surface area contributed by atoms with Gasteiger partial charge >= 0.3 is 0 Å². The molecule has 21 heavy (non-hydrogen) atoms. The summed E-state index contributed by atoms with van der Waals surface area (Å²) in [6, 6.07) is 16.7. The lowest BCUT2D eigenvalue weighted by Gasteiger charge is -2.31. The predicted octanol–water partition coefficient (Wildman–Crippen LogP) is 5.07. The van der Waals surface area contributed by atoms with Gasteiger partial charge in [-0.2, -0.15) is 0 Å². The van der Waals surface area contributed by atoms with Crippen molar-refractivity contribution in [1.29, 1.82) is 0 Å². The molecule has 0 aromatic heterocycles. The molecule has 1 aliphatic carbocycles. The van der Waals surface area contributed by atoms with Crippen molar-refractivity contribution in [3.05, 3.63) is 60.2 Å². The third-order valence-corrected chi connectivity index (χ3v) is 4.68. The van der Waals surface area contributed by atoms with E-state index in [4.69, 9.17) is 0 Å². The first kappa shape index (κ1) is 14.2. The van der Waals surface area contributed by atoms with Crippen molar-refractivity contribution >= 4 is 23.1 Å². The summed E-state index contributed by atoms with van der Waals surface area (Å²) in [6.07, 6.45) is 4.14. The molecule has 0 aliphatic heterocycles. The Morgan fingerprint density at radius 2 is 1.57 bits per heavy atom. The average Bonchev–Trinajstić information content (AvgIpc) is 2.52. The molecule has 3 rings (SSSR count). The highest BCUT2D eigenvalue weighted by atomic mass is 32.2. The van der Waals surface area contributed by atoms with Crippen LogP contribution in [0.5, 0.6) is 0 Å². The molecule has 106 valence electrons. The second kappa shape index (κ2) is 5.19. The van der Waals surface area contributed by atoms with Gasteiger partial charge in [-0.25, -0.2) is 0 Å². The molecule has 0 spiro atoms. The molecule has 0 unspecified atom stereocenters. The lowest BCUT2D eigenvalue weighted by Crippen LogP contribution is -2.32. The van der Waals surface area contributed by atoms with Crippen LogP contribution in [0.2, 0.25) is 0 Å². The Balaban J connectivity index is 1.95. The van der Waals surface area contributed by atoms with E-state index in [2.05, 4.69) is 48.7 Å². The molecule has 0 radical (unpaired) electrons. The molecule has 2 aromatic rings. The minimum Gasteiger partial charge on any atom is -0.293 e. The van der Waals surface area contributed by atoms with Crippen LogP contribution in [-0.4, -0.2) is 12.0 Å². The van der Waals surface area contributed by atoms with Crippen LogP contribution in [0, 0.1) is 5.41 Å². The summed E-state index contributed by atoms with van der Waals surface area (Å²) in [5.74, 6) is 0.234. The summed E-state index contributed by atoms with van der Waals surface area (Å²) in [5, 5.41) is 0. The normalized spacial score (nSPS) is 16.3. The van der Waals surface area contributed by atoms with Gasteiger partial charge in [0.05, 0.1) is 0 Å². The standard InChI is InChI=1S/C19H18OS/c1-19(2)12-17(18(19)20)15-6-4-5-14(11-15)13-7-9-16(21-3)10-8-13/h4-12H,1-3H3. The van der Waals surface area contributed by atoms with Gasteiger partial charge in [-0.1, -0.05) is 36.4 Å². The molecular weight excluding hydrogens is 276 g/mol. The number of allylic oxidation sites excluding steroid dienone is 2. The highest BCUT2D eigenvalue weighted by Crippen LogP contribution is 2.40. The van der Waals surface area contributed by atoms with Crippen LogP contribution >= 0.6 is 11.8 Å². The first-order chi connectivity index (χ1) is 10.0. The Hall–Kier alpha value is -1.80. The zero-order valence-corrected chi connectivity index (χ0v) is 13.3. The Bertz CT molecular complexity index is 723. The topological polar surface area (TPSA) is 17.1 Å². The largest absolute Gasteiger partial charge is 0.293 e. The van der Waals surface area contributed by atoms with Gasteiger partial charge in [-0.05, 0) is 55.0 Å². The van der Waals surface area contributed by atoms with Crippen molar-refractivity contribution in [2.24, 2.45) is 5.41 Å². The Labute approximate surface area is 130 Å². The van der Waals surface area contributed by atoms with E-state index < -0.39 is 0 Å². The molecule has 0 saturated heterocycles. The molecule has 1 nitrogen and oxygen atoms in total. The van der Waals surface area contributed by atoms with Gasteiger partial charge in [0.25, 0.3) is 0 Å². The Morgan fingerprint density at radius 1 is 0.905 bits per heavy atom. The fraction of sp³-hybridized carbons (Fsp3) is 0.211. The lowest BCUT2D eigenvalue weighted by molar-refractivity contribution is -0.120. The minimum atomic E-state index is -0.300. The van der Waals surface area contributed by atoms with E-state index in [1.807, 2.05) is 26.0 Å². The van der Waals surface area contributed by atoms with Crippen molar-refractivity contribution in [2.45, 2.75) is 18.7 Å². The van der Waals surface area contributed by atoms with E-state index in [-0.39, 0.29) is 11.2 Å². The lowest BCUT2D eigenvalue weighted by atomic mass is 9.70. The van der Waals surface area contributed by atoms with Crippen LogP contribution in [0.25, 0.3) is 16.7 Å². The second-order valence-corrected chi connectivity index (χ2v) is 6.80. The van der Waals surface area contributed by atoms with Gasteiger partial charge in [0.15, 0.2) is 5.78 Å². The maximum atomic E-state index is 12.1. The maximum absolute atomic E-state index is 12.1. The summed E-state index contributed by atoms with van der Waals surface area (Å²) in [6.45, 7) is 3.92. The fourth-order valence-corrected chi connectivity index (χ4v) is 3.03. The summed E-state index contributed by atoms with van der Waals surface area (Å²) in [4.78, 5) is 13.4. The molecule has 2 heteroatoms. The zero-order valence-electron chi connectivity index (χ0n) is 12.5. The smallest absolute Gasteiger partial charge is 0.172 e. The summed E-state index contributed by atoms with van der Waals surface area (Å²) in [7, 11) is 0. The molecule has 2 aromatic carbocycles. The van der Waals surface area contributed by atoms with Gasteiger partial charge in [0, 0.05) is 15.9 Å². The van der Waals surface area contributed by atoms with E-state index in [0.29, 0.717) is 0 Å². The number of Topliss-reactive ketones (excluding diaryl/α,β-unsaturated/α-hetero) is 1. The predicted molar refractivity (Wildman–Crippen MR) is 90.4 cm³/mol. The number of hydrogen-bond donors (Lipinski definition) is 0. The molecule has 0 bridgehead atoms. The number of hydrogen-bond acceptors (Lipinski definition) is 2. The van der Waals surface area contributed by atoms with Crippen LogP contribution < -0.4 is 0 Å². The van der Waals surface area contributed by atoms with Crippen LogP contribution in [-0.2, 0) is 4.79 Å². The average molecular weight is 294 g/mol. The van der Waals surface area contributed by atoms with Gasteiger partial charge in [0.1, 0.15) is 0 Å². The highest BCUT2D eigenvalue weighted by Gasteiger charge is 2.38. The van der Waals surface area contributed by atoms with Gasteiger partial charge in [-0.3, -0.25) is 4.79 Å². The molecule has 0 N–H and O–H groups in total. The second-order valence-electron chi connectivity index (χ2n) is 5.92. The molecule has 0 atom stereocenters. The molecule has 0 heterocycles. The first-order valence-corrected chi connectivity index (χ1v) is 8.26. The summed E-state index contributed by atoms with van der Waals surface area (Å²) in [5.41, 5.74) is 3.90. The Kier molecular flexibility index (Phi) is 3.50. The quantitative estimate of drug-likeness (QED) is 0.735. The van der Waals surface area contributed by atoms with Crippen molar-refractivity contribution < 1.29 is 4.79 Å². The van der Waals surface area contributed by atoms with Crippen LogP contribution in [0.4, 0.5) is 0 Å². The van der Waals surface area contributed by atoms with Gasteiger partial charge in [-0.15, -0.1) is 11.8 Å². The number of ketones is 1. The van der Waals surface area contributed by atoms with E-state index in [1.54, 1.807) is 11.8 Å². The minimum absolute atomic E-state index is 0.234. The van der Waals surface area contributed by atoms with Gasteiger partial charge < -0.3 is 0 Å². The molecular formula is C19H18OS. The van der Waals surface area contributed by atoms with E-state index in [9.17, 15) is 4.79 Å². The van der Waals surface area contributed by atoms with Crippen LogP contribution in [0.1, 0.15) is 19.4 Å². The molecule has 1 aliphatic rings. The maximum Gasteiger partial charge on any atom is 0.172 e. The van der Waals surface area contributed by atoms with Gasteiger partial charge in [0.2, 0.25) is 0 Å². The number of benzene rings is 2. The number of thioether (sulfide) groups is 1. The van der Waals surface area contributed by atoms with Crippen molar-refractivity contribution in [1.82, 2.24) is 0 Å². The highest BCUT2D eigenvalue weighted by molar-refractivity contribution is 7.98. The Morgan fingerprint density at radius 3 is 2.14 bits per heavy atom. The van der Waals surface area contributed by atoms with Crippen molar-refractivity contribution in [3.63, 3.8) is 0 Å². The van der Waals surface area contributed by atoms with E-state index in [1.165, 1.54) is 10.5 Å². The van der Waals surface area contributed by atoms with Crippen molar-refractivity contribution in [3.8, 4) is 11.1 Å². The number of carbonyl (C=O) groups is 1. The first-order valence-electron chi connectivity index (χ1n) is 7.04. The van der Waals surface area contributed by atoms with E-state index in [0.717, 1.165) is 16.7 Å². The summed E-state index contributed by atoms with van der Waals surface area (Å²) < 4.78 is 0. The molecule has 0 amide bonds. The van der Waals surface area contributed by atoms with E-state index >= 15 is 0 Å². The molecule has 0 fully saturated rings. The monoisotopic (exact) mass is 294 g/mol. The van der Waals surface area contributed by atoms with Crippen LogP contribution in [0.15, 0.2) is 59.5 Å². The fourth-order valence-electron chi connectivity index (χ4n) is 2.63. The number of rotatable bonds is 3. The third-order valence-electron chi connectivity index (χ3n) is 3.93. The molecule has 0 saturated carbocycles. The van der Waals surface area contributed by atoms with Crippen molar-refractivity contribution in [2.75, 3.05) is 6.26 Å². The summed E-state index contributed by atoms with van der Waals surface area (Å²) >= 11 is 1.74. The van der Waals surface area contributed by atoms with Crippen LogP contribution in [0.3, 0.4) is 0 Å². The third kappa shape index (κ3) is 2.56. The number of carbonyl (C=O) groups excluding carboxylic acids is 1.